The number of benzene rings is 3. The second-order valence-electron chi connectivity index (χ2n) is 6.93. The molecule has 0 radical (unpaired) electrons. The molecule has 0 unspecified atom stereocenters. The van der Waals surface area contributed by atoms with Crippen molar-refractivity contribution in [2.75, 3.05) is 4.31 Å². The molecule has 162 valence electrons. The predicted molar refractivity (Wildman–Crippen MR) is 125 cm³/mol. The Kier molecular flexibility index (Phi) is 6.25. The maximum atomic E-state index is 13.6. The molecular formula is C24H20N2O4S2. The van der Waals surface area contributed by atoms with Gasteiger partial charge in [-0.05, 0) is 54.1 Å². The molecule has 0 fully saturated rings. The third-order valence-electron chi connectivity index (χ3n) is 4.74. The van der Waals surface area contributed by atoms with Crippen LogP contribution in [0.5, 0.6) is 11.5 Å². The van der Waals surface area contributed by atoms with Crippen LogP contribution in [-0.2, 0) is 16.6 Å². The van der Waals surface area contributed by atoms with Gasteiger partial charge in [0.15, 0.2) is 4.64 Å². The van der Waals surface area contributed by atoms with Gasteiger partial charge in [0, 0.05) is 6.20 Å². The van der Waals surface area contributed by atoms with Gasteiger partial charge in [0.25, 0.3) is 10.0 Å². The number of sulfonamides is 1. The smallest absolute Gasteiger partial charge is 0.264 e. The zero-order valence-corrected chi connectivity index (χ0v) is 18.5. The van der Waals surface area contributed by atoms with Crippen molar-refractivity contribution >= 4 is 27.9 Å². The Morgan fingerprint density at radius 2 is 1.41 bits per heavy atom. The minimum absolute atomic E-state index is 0.00367. The van der Waals surface area contributed by atoms with Gasteiger partial charge in [-0.15, -0.1) is 0 Å². The minimum atomic E-state index is -3.99. The number of rotatable bonds is 7. The van der Waals surface area contributed by atoms with Gasteiger partial charge < -0.3 is 9.94 Å². The van der Waals surface area contributed by atoms with E-state index in [-0.39, 0.29) is 21.8 Å². The molecule has 4 rings (SSSR count). The highest BCUT2D eigenvalue weighted by Gasteiger charge is 2.27. The maximum absolute atomic E-state index is 13.6. The summed E-state index contributed by atoms with van der Waals surface area (Å²) >= 11 is 5.29. The monoisotopic (exact) mass is 464 g/mol. The molecule has 3 aromatic carbocycles. The van der Waals surface area contributed by atoms with Crippen LogP contribution in [0.2, 0.25) is 0 Å². The Morgan fingerprint density at radius 1 is 0.812 bits per heavy atom. The lowest BCUT2D eigenvalue weighted by atomic mass is 10.2. The molecule has 0 aliphatic carbocycles. The van der Waals surface area contributed by atoms with Crippen molar-refractivity contribution in [1.82, 2.24) is 4.73 Å². The van der Waals surface area contributed by atoms with Crippen LogP contribution in [0.15, 0.2) is 108 Å². The zero-order valence-electron chi connectivity index (χ0n) is 16.9. The van der Waals surface area contributed by atoms with Crippen molar-refractivity contribution < 1.29 is 18.4 Å². The highest BCUT2D eigenvalue weighted by molar-refractivity contribution is 7.92. The Balaban J connectivity index is 1.71. The van der Waals surface area contributed by atoms with E-state index in [0.717, 1.165) is 10.3 Å². The summed E-state index contributed by atoms with van der Waals surface area (Å²) in [4.78, 5) is 0.0802. The van der Waals surface area contributed by atoms with Gasteiger partial charge in [-0.2, -0.15) is 4.73 Å². The van der Waals surface area contributed by atoms with Crippen LogP contribution in [0.25, 0.3) is 0 Å². The predicted octanol–water partition coefficient (Wildman–Crippen LogP) is 5.64. The number of hydrogen-bond donors (Lipinski definition) is 1. The van der Waals surface area contributed by atoms with E-state index in [1.54, 1.807) is 18.2 Å². The van der Waals surface area contributed by atoms with Gasteiger partial charge in [-0.1, -0.05) is 60.7 Å². The molecule has 1 N–H and O–H groups in total. The van der Waals surface area contributed by atoms with E-state index in [0.29, 0.717) is 11.5 Å². The van der Waals surface area contributed by atoms with Crippen LogP contribution in [-0.4, -0.2) is 18.4 Å². The second kappa shape index (κ2) is 9.25. The van der Waals surface area contributed by atoms with E-state index >= 15 is 0 Å². The molecule has 6 nitrogen and oxygen atoms in total. The lowest BCUT2D eigenvalue weighted by Gasteiger charge is -2.25. The summed E-state index contributed by atoms with van der Waals surface area (Å²) < 4.78 is 34.9. The number of anilines is 1. The van der Waals surface area contributed by atoms with Crippen molar-refractivity contribution in [1.29, 1.82) is 0 Å². The summed E-state index contributed by atoms with van der Waals surface area (Å²) in [5.41, 5.74) is 0.987. The Labute approximate surface area is 191 Å². The van der Waals surface area contributed by atoms with E-state index in [1.807, 2.05) is 60.7 Å². The molecule has 0 spiro atoms. The van der Waals surface area contributed by atoms with Gasteiger partial charge in [0.05, 0.1) is 17.1 Å². The summed E-state index contributed by atoms with van der Waals surface area (Å²) in [6, 6.07) is 27.7. The number of nitrogens with zero attached hydrogens (tertiary/aromatic N) is 2. The van der Waals surface area contributed by atoms with Crippen LogP contribution in [0.3, 0.4) is 0 Å². The van der Waals surface area contributed by atoms with Crippen LogP contribution in [0.1, 0.15) is 5.56 Å². The fourth-order valence-electron chi connectivity index (χ4n) is 3.14. The average molecular weight is 465 g/mol. The molecular weight excluding hydrogens is 444 g/mol. The van der Waals surface area contributed by atoms with Crippen molar-refractivity contribution in [3.05, 3.63) is 113 Å². The molecule has 0 saturated carbocycles. The molecule has 1 aromatic heterocycles. The SMILES string of the molecule is O=S(=O)(c1ccc(Oc2ccccc2)cc1)N(Cc1ccccc1)c1cccn(O)c1=S. The molecule has 0 atom stereocenters. The molecule has 0 aliphatic heterocycles. The zero-order chi connectivity index (χ0) is 22.6. The van der Waals surface area contributed by atoms with Crippen molar-refractivity contribution in [3.63, 3.8) is 0 Å². The van der Waals surface area contributed by atoms with Gasteiger partial charge in [-0.25, -0.2) is 8.42 Å². The second-order valence-corrected chi connectivity index (χ2v) is 9.18. The lowest BCUT2D eigenvalue weighted by molar-refractivity contribution is 0.181. The highest BCUT2D eigenvalue weighted by Crippen LogP contribution is 2.29. The first-order chi connectivity index (χ1) is 15.4. The van der Waals surface area contributed by atoms with Crippen LogP contribution in [0.4, 0.5) is 5.69 Å². The van der Waals surface area contributed by atoms with Gasteiger partial charge in [0.1, 0.15) is 11.5 Å². The third-order valence-corrected chi connectivity index (χ3v) is 6.91. The minimum Gasteiger partial charge on any atom is -0.457 e. The lowest BCUT2D eigenvalue weighted by Crippen LogP contribution is -2.31. The Morgan fingerprint density at radius 3 is 2.06 bits per heavy atom. The number of hydrogen-bond acceptors (Lipinski definition) is 5. The fraction of sp³-hybridized carbons (Fsp3) is 0.0417. The van der Waals surface area contributed by atoms with E-state index in [2.05, 4.69) is 0 Å². The summed E-state index contributed by atoms with van der Waals surface area (Å²) in [6.07, 6.45) is 1.36. The standard InChI is InChI=1S/C24H20N2O4S2/c27-25-17-7-12-23(24(25)31)26(18-19-8-3-1-4-9-19)32(28,29)22-15-13-21(14-16-22)30-20-10-5-2-6-11-20/h1-17,27H,18H2. The number of para-hydroxylation sites is 1. The first-order valence-electron chi connectivity index (χ1n) is 9.76. The van der Waals surface area contributed by atoms with Crippen molar-refractivity contribution in [3.8, 4) is 11.5 Å². The normalized spacial score (nSPS) is 11.1. The summed E-state index contributed by atoms with van der Waals surface area (Å²) in [6.45, 7) is 0.0547. The van der Waals surface area contributed by atoms with Gasteiger partial charge in [-0.3, -0.25) is 4.31 Å². The molecule has 8 heteroatoms. The maximum Gasteiger partial charge on any atom is 0.264 e. The molecule has 32 heavy (non-hydrogen) atoms. The topological polar surface area (TPSA) is 71.8 Å². The number of pyridine rings is 1. The number of aromatic nitrogens is 1. The number of ether oxygens (including phenoxy) is 1. The Hall–Kier alpha value is -3.62. The largest absolute Gasteiger partial charge is 0.457 e. The van der Waals surface area contributed by atoms with E-state index in [9.17, 15) is 13.6 Å². The quantitative estimate of drug-likeness (QED) is 0.283. The molecule has 0 amide bonds. The molecule has 0 bridgehead atoms. The third kappa shape index (κ3) is 4.66. The molecule has 0 aliphatic rings. The van der Waals surface area contributed by atoms with Gasteiger partial charge in [0.2, 0.25) is 0 Å². The van der Waals surface area contributed by atoms with Crippen molar-refractivity contribution in [2.24, 2.45) is 0 Å². The molecule has 4 aromatic rings. The summed E-state index contributed by atoms with van der Waals surface area (Å²) in [5, 5.41) is 10.0. The average Bonchev–Trinajstić information content (AvgIpc) is 2.81. The van der Waals surface area contributed by atoms with E-state index < -0.39 is 10.0 Å². The summed E-state index contributed by atoms with van der Waals surface area (Å²) in [5.74, 6) is 1.17. The molecule has 1 heterocycles. The van der Waals surface area contributed by atoms with Crippen LogP contribution in [0, 0.1) is 4.64 Å². The molecule has 0 saturated heterocycles. The van der Waals surface area contributed by atoms with E-state index in [1.165, 1.54) is 28.7 Å². The fourth-order valence-corrected chi connectivity index (χ4v) is 4.90. The first-order valence-corrected chi connectivity index (χ1v) is 11.6. The van der Waals surface area contributed by atoms with Crippen LogP contribution >= 0.6 is 12.2 Å². The summed E-state index contributed by atoms with van der Waals surface area (Å²) in [7, 11) is -3.99. The van der Waals surface area contributed by atoms with Gasteiger partial charge >= 0.3 is 0 Å². The van der Waals surface area contributed by atoms with E-state index in [4.69, 9.17) is 17.0 Å². The van der Waals surface area contributed by atoms with Crippen LogP contribution < -0.4 is 9.04 Å². The first kappa shape index (κ1) is 21.6. The van der Waals surface area contributed by atoms with Crippen molar-refractivity contribution in [2.45, 2.75) is 11.4 Å². The Bertz CT molecular complexity index is 1350. The highest BCUT2D eigenvalue weighted by atomic mass is 32.2.